The minimum Gasteiger partial charge on any atom is -0.352 e. The van der Waals surface area contributed by atoms with E-state index in [2.05, 4.69) is 66.5 Å². The average Bonchev–Trinajstić information content (AvgIpc) is 2.50. The van der Waals surface area contributed by atoms with Crippen LogP contribution in [0.2, 0.25) is 0 Å². The topological polar surface area (TPSA) is 89.9 Å². The molecule has 2 aromatic carbocycles. The predicted octanol–water partition coefficient (Wildman–Crippen LogP) is 3.81. The van der Waals surface area contributed by atoms with E-state index in [1.165, 1.54) is 28.3 Å². The smallest absolute Gasteiger partial charge is 0.352 e. The standard InChI is InChI=1S/C16H18N2.H2O4S/c1-3-12-8-7-11-15-16(12)17-13-9-5-6-10-14(13)18(15)4-2;1-5(2,3)4/h5-11,17H,3-4H2,1-2H3;(H2,1,2,3,4). The fourth-order valence-corrected chi connectivity index (χ4v) is 2.67. The van der Waals surface area contributed by atoms with Crippen molar-refractivity contribution < 1.29 is 17.5 Å². The lowest BCUT2D eigenvalue weighted by molar-refractivity contribution is 0.381. The van der Waals surface area contributed by atoms with Crippen molar-refractivity contribution in [1.29, 1.82) is 0 Å². The summed E-state index contributed by atoms with van der Waals surface area (Å²) in [6, 6.07) is 15.0. The Morgan fingerprint density at radius 3 is 2.22 bits per heavy atom. The molecule has 0 unspecified atom stereocenters. The Morgan fingerprint density at radius 1 is 1.00 bits per heavy atom. The third kappa shape index (κ3) is 4.22. The highest BCUT2D eigenvalue weighted by atomic mass is 32.3. The lowest BCUT2D eigenvalue weighted by Gasteiger charge is -2.34. The molecular weight excluding hydrogens is 316 g/mol. The molecule has 3 rings (SSSR count). The summed E-state index contributed by atoms with van der Waals surface area (Å²) < 4.78 is 31.6. The fourth-order valence-electron chi connectivity index (χ4n) is 2.67. The summed E-state index contributed by atoms with van der Waals surface area (Å²) in [6.45, 7) is 5.39. The number of fused-ring (bicyclic) bond motifs is 2. The van der Waals surface area contributed by atoms with Crippen LogP contribution in [-0.2, 0) is 16.8 Å². The first kappa shape index (κ1) is 17.3. The van der Waals surface area contributed by atoms with E-state index in [9.17, 15) is 0 Å². The molecule has 0 bridgehead atoms. The van der Waals surface area contributed by atoms with E-state index in [4.69, 9.17) is 17.5 Å². The van der Waals surface area contributed by atoms with Crippen molar-refractivity contribution >= 4 is 33.1 Å². The van der Waals surface area contributed by atoms with Crippen LogP contribution in [-0.4, -0.2) is 24.1 Å². The molecule has 0 radical (unpaired) electrons. The van der Waals surface area contributed by atoms with Crippen LogP contribution in [0.1, 0.15) is 19.4 Å². The third-order valence-corrected chi connectivity index (χ3v) is 3.57. The maximum absolute atomic E-state index is 8.74. The van der Waals surface area contributed by atoms with E-state index < -0.39 is 10.4 Å². The molecule has 1 aliphatic heterocycles. The number of anilines is 4. The number of benzene rings is 2. The second kappa shape index (κ2) is 6.99. The monoisotopic (exact) mass is 336 g/mol. The summed E-state index contributed by atoms with van der Waals surface area (Å²) in [5.41, 5.74) is 6.39. The molecule has 3 N–H and O–H groups in total. The maximum atomic E-state index is 8.74. The molecule has 7 heteroatoms. The van der Waals surface area contributed by atoms with Crippen LogP contribution in [0, 0.1) is 0 Å². The van der Waals surface area contributed by atoms with Gasteiger partial charge in [-0.05, 0) is 37.1 Å². The van der Waals surface area contributed by atoms with E-state index in [-0.39, 0.29) is 0 Å². The van der Waals surface area contributed by atoms with Crippen LogP contribution in [0.25, 0.3) is 0 Å². The SMILES string of the molecule is CCc1cccc2c1Nc1ccccc1N2CC.O=S(=O)(O)O. The fraction of sp³-hybridized carbons (Fsp3) is 0.250. The van der Waals surface area contributed by atoms with Crippen molar-refractivity contribution in [2.45, 2.75) is 20.3 Å². The summed E-state index contributed by atoms with van der Waals surface area (Å²) in [5, 5.41) is 3.58. The average molecular weight is 336 g/mol. The molecule has 6 nitrogen and oxygen atoms in total. The van der Waals surface area contributed by atoms with Gasteiger partial charge in [0.1, 0.15) is 0 Å². The van der Waals surface area contributed by atoms with Crippen LogP contribution in [0.15, 0.2) is 42.5 Å². The molecule has 124 valence electrons. The van der Waals surface area contributed by atoms with Crippen molar-refractivity contribution in [3.63, 3.8) is 0 Å². The van der Waals surface area contributed by atoms with Gasteiger partial charge in [0.2, 0.25) is 0 Å². The van der Waals surface area contributed by atoms with E-state index >= 15 is 0 Å². The van der Waals surface area contributed by atoms with Crippen LogP contribution >= 0.6 is 0 Å². The molecule has 0 amide bonds. The second-order valence-corrected chi connectivity index (χ2v) is 5.89. The molecule has 1 heterocycles. The minimum atomic E-state index is -4.67. The van der Waals surface area contributed by atoms with E-state index in [0.717, 1.165) is 13.0 Å². The van der Waals surface area contributed by atoms with Crippen LogP contribution in [0.3, 0.4) is 0 Å². The maximum Gasteiger partial charge on any atom is 0.394 e. The number of hydrogen-bond acceptors (Lipinski definition) is 4. The molecule has 23 heavy (non-hydrogen) atoms. The summed E-state index contributed by atoms with van der Waals surface area (Å²) >= 11 is 0. The Bertz CT molecular complexity index is 782. The lowest BCUT2D eigenvalue weighted by atomic mass is 10.0. The van der Waals surface area contributed by atoms with Gasteiger partial charge in [0.25, 0.3) is 0 Å². The summed E-state index contributed by atoms with van der Waals surface area (Å²) in [4.78, 5) is 2.38. The molecule has 0 saturated heterocycles. The van der Waals surface area contributed by atoms with Crippen LogP contribution in [0.5, 0.6) is 0 Å². The molecule has 1 aliphatic rings. The highest BCUT2D eigenvalue weighted by molar-refractivity contribution is 7.79. The number of aryl methyl sites for hydroxylation is 1. The van der Waals surface area contributed by atoms with Gasteiger partial charge in [-0.2, -0.15) is 8.42 Å². The lowest BCUT2D eigenvalue weighted by Crippen LogP contribution is -2.22. The first-order valence-corrected chi connectivity index (χ1v) is 8.70. The Hall–Kier alpha value is -2.09. The quantitative estimate of drug-likeness (QED) is 0.723. The van der Waals surface area contributed by atoms with Gasteiger partial charge in [-0.1, -0.05) is 31.2 Å². The van der Waals surface area contributed by atoms with Gasteiger partial charge in [-0.25, -0.2) is 0 Å². The molecule has 0 saturated carbocycles. The number of nitrogens with one attached hydrogen (secondary N) is 1. The van der Waals surface area contributed by atoms with E-state index in [1.807, 2.05) is 0 Å². The van der Waals surface area contributed by atoms with Crippen molar-refractivity contribution in [2.75, 3.05) is 16.8 Å². The van der Waals surface area contributed by atoms with Crippen molar-refractivity contribution in [3.8, 4) is 0 Å². The molecule has 0 aromatic heterocycles. The summed E-state index contributed by atoms with van der Waals surface area (Å²) in [6.07, 6.45) is 1.05. The minimum absolute atomic E-state index is 0.985. The zero-order chi connectivity index (χ0) is 17.0. The molecular formula is C16H20N2O4S. The highest BCUT2D eigenvalue weighted by Gasteiger charge is 2.22. The normalized spacial score (nSPS) is 12.4. The predicted molar refractivity (Wildman–Crippen MR) is 92.4 cm³/mol. The molecule has 0 spiro atoms. The Labute approximate surface area is 136 Å². The third-order valence-electron chi connectivity index (χ3n) is 3.57. The number of nitrogens with zero attached hydrogens (tertiary/aromatic N) is 1. The van der Waals surface area contributed by atoms with Gasteiger partial charge in [-0.3, -0.25) is 9.11 Å². The number of para-hydroxylation sites is 3. The summed E-state index contributed by atoms with van der Waals surface area (Å²) in [5.74, 6) is 0. The first-order valence-electron chi connectivity index (χ1n) is 7.30. The molecule has 0 atom stereocenters. The van der Waals surface area contributed by atoms with Gasteiger partial charge in [0.15, 0.2) is 0 Å². The second-order valence-electron chi connectivity index (χ2n) is 5.00. The summed E-state index contributed by atoms with van der Waals surface area (Å²) in [7, 11) is -4.67. The van der Waals surface area contributed by atoms with Gasteiger partial charge >= 0.3 is 10.4 Å². The van der Waals surface area contributed by atoms with Crippen molar-refractivity contribution in [2.24, 2.45) is 0 Å². The van der Waals surface area contributed by atoms with Crippen molar-refractivity contribution in [1.82, 2.24) is 0 Å². The van der Waals surface area contributed by atoms with Gasteiger partial charge in [0, 0.05) is 6.54 Å². The van der Waals surface area contributed by atoms with Crippen molar-refractivity contribution in [3.05, 3.63) is 48.0 Å². The van der Waals surface area contributed by atoms with E-state index in [0.29, 0.717) is 0 Å². The molecule has 2 aromatic rings. The zero-order valence-corrected chi connectivity index (χ0v) is 13.8. The van der Waals surface area contributed by atoms with Gasteiger partial charge < -0.3 is 10.2 Å². The zero-order valence-electron chi connectivity index (χ0n) is 13.0. The molecule has 0 aliphatic carbocycles. The highest BCUT2D eigenvalue weighted by Crippen LogP contribution is 2.44. The van der Waals surface area contributed by atoms with Crippen LogP contribution in [0.4, 0.5) is 22.7 Å². The van der Waals surface area contributed by atoms with Gasteiger partial charge in [0.05, 0.1) is 22.7 Å². The van der Waals surface area contributed by atoms with Gasteiger partial charge in [-0.15, -0.1) is 0 Å². The number of rotatable bonds is 2. The first-order chi connectivity index (χ1) is 10.8. The Kier molecular flexibility index (Phi) is 5.25. The Balaban J connectivity index is 0.000000338. The number of hydrogen-bond donors (Lipinski definition) is 3. The van der Waals surface area contributed by atoms with E-state index in [1.54, 1.807) is 0 Å². The Morgan fingerprint density at radius 2 is 1.61 bits per heavy atom. The largest absolute Gasteiger partial charge is 0.394 e. The van der Waals surface area contributed by atoms with Crippen LogP contribution < -0.4 is 10.2 Å². The molecule has 0 fully saturated rings.